The van der Waals surface area contributed by atoms with Crippen molar-refractivity contribution in [2.24, 2.45) is 5.92 Å². The number of esters is 1. The molecule has 0 aliphatic carbocycles. The number of pyridine rings is 1. The van der Waals surface area contributed by atoms with Gasteiger partial charge in [0.1, 0.15) is 17.0 Å². The number of aromatic nitrogens is 2. The zero-order valence-corrected chi connectivity index (χ0v) is 19.4. The van der Waals surface area contributed by atoms with Crippen LogP contribution in [0.1, 0.15) is 53.6 Å². The maximum atomic E-state index is 13.5. The molecule has 1 aromatic carbocycles. The van der Waals surface area contributed by atoms with Crippen molar-refractivity contribution in [3.8, 4) is 0 Å². The van der Waals surface area contributed by atoms with E-state index in [9.17, 15) is 18.8 Å². The van der Waals surface area contributed by atoms with E-state index in [1.165, 1.54) is 22.7 Å². The highest BCUT2D eigenvalue weighted by Gasteiger charge is 2.32. The minimum absolute atomic E-state index is 0.0446. The number of likely N-dealkylation sites (tertiary alicyclic amines) is 1. The highest BCUT2D eigenvalue weighted by atomic mass is 19.1. The first-order valence-corrected chi connectivity index (χ1v) is 11.6. The Kier molecular flexibility index (Phi) is 7.05. The summed E-state index contributed by atoms with van der Waals surface area (Å²) in [5.41, 5.74) is 1.93. The minimum atomic E-state index is -0.382. The number of rotatable bonds is 6. The fourth-order valence-electron chi connectivity index (χ4n) is 4.67. The van der Waals surface area contributed by atoms with Crippen molar-refractivity contribution >= 4 is 17.5 Å². The van der Waals surface area contributed by atoms with Crippen LogP contribution in [0.25, 0.3) is 5.65 Å². The molecule has 1 amide bonds. The second-order valence-corrected chi connectivity index (χ2v) is 8.71. The molecule has 34 heavy (non-hydrogen) atoms. The molecule has 7 nitrogen and oxygen atoms in total. The summed E-state index contributed by atoms with van der Waals surface area (Å²) in [5.74, 6) is -0.966. The molecular formula is C26H28FN3O4. The summed E-state index contributed by atoms with van der Waals surface area (Å²) in [5, 5.41) is 0. The van der Waals surface area contributed by atoms with Crippen LogP contribution in [-0.2, 0) is 9.53 Å². The Hall–Kier alpha value is -3.55. The third-order valence-corrected chi connectivity index (χ3v) is 6.47. The number of amides is 1. The van der Waals surface area contributed by atoms with E-state index in [-0.39, 0.29) is 47.1 Å². The third-order valence-electron chi connectivity index (χ3n) is 6.47. The van der Waals surface area contributed by atoms with Crippen molar-refractivity contribution in [1.82, 2.24) is 14.3 Å². The van der Waals surface area contributed by atoms with Gasteiger partial charge in [-0.05, 0) is 67.9 Å². The lowest BCUT2D eigenvalue weighted by atomic mass is 9.78. The highest BCUT2D eigenvalue weighted by molar-refractivity contribution is 5.93. The molecule has 1 fully saturated rings. The number of ether oxygens (including phenoxy) is 1. The van der Waals surface area contributed by atoms with Gasteiger partial charge in [-0.25, -0.2) is 9.37 Å². The monoisotopic (exact) mass is 465 g/mol. The summed E-state index contributed by atoms with van der Waals surface area (Å²) in [4.78, 5) is 44.3. The molecule has 0 saturated carbocycles. The summed E-state index contributed by atoms with van der Waals surface area (Å²) >= 11 is 0. The van der Waals surface area contributed by atoms with Gasteiger partial charge in [-0.3, -0.25) is 18.8 Å². The first-order chi connectivity index (χ1) is 16.4. The second-order valence-electron chi connectivity index (χ2n) is 8.71. The number of hydrogen-bond acceptors (Lipinski definition) is 5. The van der Waals surface area contributed by atoms with Crippen LogP contribution in [-0.4, -0.2) is 45.9 Å². The van der Waals surface area contributed by atoms with Crippen LogP contribution < -0.4 is 5.56 Å². The van der Waals surface area contributed by atoms with E-state index in [2.05, 4.69) is 4.98 Å². The Morgan fingerprint density at radius 2 is 1.85 bits per heavy atom. The van der Waals surface area contributed by atoms with Gasteiger partial charge in [-0.15, -0.1) is 0 Å². The number of nitrogens with zero attached hydrogens (tertiary/aromatic N) is 3. The number of carbonyl (C=O) groups is 2. The van der Waals surface area contributed by atoms with Gasteiger partial charge in [0.05, 0.1) is 13.0 Å². The number of aryl methyl sites for hydroxylation is 1. The molecule has 1 atom stereocenters. The standard InChI is InChI=1S/C26H28FN3O4/c1-3-34-24(31)14-21(18-5-7-20(27)8-6-18)19-10-12-29(13-11-19)25(32)22-15-28-23-9-4-17(2)16-30(23)26(22)33/h4-9,15-16,19,21H,3,10-14H2,1-2H3. The molecule has 1 saturated heterocycles. The van der Waals surface area contributed by atoms with Gasteiger partial charge < -0.3 is 9.64 Å². The Morgan fingerprint density at radius 1 is 1.15 bits per heavy atom. The summed E-state index contributed by atoms with van der Waals surface area (Å²) in [6, 6.07) is 9.82. The number of fused-ring (bicyclic) bond motifs is 1. The fourth-order valence-corrected chi connectivity index (χ4v) is 4.67. The van der Waals surface area contributed by atoms with Gasteiger partial charge >= 0.3 is 5.97 Å². The van der Waals surface area contributed by atoms with Crippen molar-refractivity contribution < 1.29 is 18.7 Å². The summed E-state index contributed by atoms with van der Waals surface area (Å²) in [6.45, 7) is 4.86. The zero-order chi connectivity index (χ0) is 24.2. The third kappa shape index (κ3) is 5.00. The van der Waals surface area contributed by atoms with E-state index in [0.717, 1.165) is 11.1 Å². The van der Waals surface area contributed by atoms with E-state index in [4.69, 9.17) is 4.74 Å². The molecule has 0 spiro atoms. The number of benzene rings is 1. The van der Waals surface area contributed by atoms with Crippen LogP contribution in [0.3, 0.4) is 0 Å². The predicted octanol–water partition coefficient (Wildman–Crippen LogP) is 3.73. The average Bonchev–Trinajstić information content (AvgIpc) is 2.84. The molecule has 8 heteroatoms. The zero-order valence-electron chi connectivity index (χ0n) is 19.4. The summed E-state index contributed by atoms with van der Waals surface area (Å²) < 4.78 is 20.0. The van der Waals surface area contributed by atoms with E-state index in [1.807, 2.05) is 13.0 Å². The topological polar surface area (TPSA) is 81.0 Å². The summed E-state index contributed by atoms with van der Waals surface area (Å²) in [6.07, 6.45) is 4.55. The smallest absolute Gasteiger partial charge is 0.306 e. The normalized spacial score (nSPS) is 15.3. The molecule has 3 heterocycles. The molecule has 3 aromatic rings. The van der Waals surface area contributed by atoms with Crippen LogP contribution >= 0.6 is 0 Å². The van der Waals surface area contributed by atoms with E-state index >= 15 is 0 Å². The van der Waals surface area contributed by atoms with Gasteiger partial charge in [0.2, 0.25) is 0 Å². The molecule has 1 unspecified atom stereocenters. The lowest BCUT2D eigenvalue weighted by Crippen LogP contribution is -2.42. The summed E-state index contributed by atoms with van der Waals surface area (Å²) in [7, 11) is 0. The Labute approximate surface area is 197 Å². The quantitative estimate of drug-likeness (QED) is 0.518. The molecule has 1 aliphatic heterocycles. The van der Waals surface area contributed by atoms with Crippen LogP contribution in [0.5, 0.6) is 0 Å². The Bertz CT molecular complexity index is 1250. The van der Waals surface area contributed by atoms with Gasteiger partial charge in [0, 0.05) is 25.5 Å². The predicted molar refractivity (Wildman–Crippen MR) is 125 cm³/mol. The van der Waals surface area contributed by atoms with Gasteiger partial charge in [-0.2, -0.15) is 0 Å². The van der Waals surface area contributed by atoms with Crippen molar-refractivity contribution in [3.05, 3.63) is 81.7 Å². The average molecular weight is 466 g/mol. The van der Waals surface area contributed by atoms with E-state index in [1.54, 1.807) is 36.2 Å². The Balaban J connectivity index is 1.50. The van der Waals surface area contributed by atoms with Gasteiger partial charge in [0.15, 0.2) is 0 Å². The van der Waals surface area contributed by atoms with Crippen molar-refractivity contribution in [2.75, 3.05) is 19.7 Å². The molecule has 1 aliphatic rings. The molecule has 2 aromatic heterocycles. The lowest BCUT2D eigenvalue weighted by molar-refractivity contribution is -0.144. The Morgan fingerprint density at radius 3 is 2.53 bits per heavy atom. The number of hydrogen-bond donors (Lipinski definition) is 0. The molecule has 178 valence electrons. The molecule has 0 N–H and O–H groups in total. The molecule has 4 rings (SSSR count). The van der Waals surface area contributed by atoms with Crippen molar-refractivity contribution in [1.29, 1.82) is 0 Å². The number of carbonyl (C=O) groups excluding carboxylic acids is 2. The van der Waals surface area contributed by atoms with Crippen molar-refractivity contribution in [2.45, 2.75) is 39.0 Å². The largest absolute Gasteiger partial charge is 0.466 e. The van der Waals surface area contributed by atoms with E-state index < -0.39 is 0 Å². The van der Waals surface area contributed by atoms with Crippen LogP contribution in [0, 0.1) is 18.7 Å². The van der Waals surface area contributed by atoms with Crippen molar-refractivity contribution in [3.63, 3.8) is 0 Å². The van der Waals surface area contributed by atoms with Gasteiger partial charge in [0.25, 0.3) is 11.5 Å². The van der Waals surface area contributed by atoms with Crippen LogP contribution in [0.15, 0.2) is 53.6 Å². The van der Waals surface area contributed by atoms with E-state index in [0.29, 0.717) is 38.2 Å². The maximum absolute atomic E-state index is 13.5. The first-order valence-electron chi connectivity index (χ1n) is 11.6. The number of halogens is 1. The second kappa shape index (κ2) is 10.2. The first kappa shape index (κ1) is 23.6. The highest BCUT2D eigenvalue weighted by Crippen LogP contribution is 2.36. The fraction of sp³-hybridized carbons (Fsp3) is 0.385. The lowest BCUT2D eigenvalue weighted by Gasteiger charge is -2.36. The van der Waals surface area contributed by atoms with Crippen LogP contribution in [0.4, 0.5) is 4.39 Å². The minimum Gasteiger partial charge on any atom is -0.466 e. The molecular weight excluding hydrogens is 437 g/mol. The molecule has 0 bridgehead atoms. The SMILES string of the molecule is CCOC(=O)CC(c1ccc(F)cc1)C1CCN(C(=O)c2cnc3ccc(C)cn3c2=O)CC1. The number of piperidine rings is 1. The van der Waals surface area contributed by atoms with Crippen LogP contribution in [0.2, 0.25) is 0 Å². The maximum Gasteiger partial charge on any atom is 0.306 e. The molecule has 0 radical (unpaired) electrons. The van der Waals surface area contributed by atoms with Gasteiger partial charge in [-0.1, -0.05) is 18.2 Å².